The van der Waals surface area contributed by atoms with E-state index in [0.717, 1.165) is 0 Å². The van der Waals surface area contributed by atoms with Gasteiger partial charge in [0.1, 0.15) is 0 Å². The highest BCUT2D eigenvalue weighted by molar-refractivity contribution is 6.29. The molecule has 0 aliphatic heterocycles. The van der Waals surface area contributed by atoms with Gasteiger partial charge in [0.2, 0.25) is 0 Å². The first kappa shape index (κ1) is 17.0. The maximum atomic E-state index is 2.50. The van der Waals surface area contributed by atoms with Gasteiger partial charge in [-0.3, -0.25) is 0 Å². The lowest BCUT2D eigenvalue weighted by Crippen LogP contribution is -1.96. The zero-order valence-corrected chi connectivity index (χ0v) is 18.3. The zero-order valence-electron chi connectivity index (χ0n) is 18.3. The molecule has 0 unspecified atom stereocenters. The summed E-state index contributed by atoms with van der Waals surface area (Å²) in [5.74, 6) is 0. The number of para-hydroxylation sites is 2. The average Bonchev–Trinajstić information content (AvgIpc) is 3.42. The Morgan fingerprint density at radius 3 is 1.26 bits per heavy atom. The van der Waals surface area contributed by atoms with E-state index >= 15 is 0 Å². The Morgan fingerprint density at radius 2 is 0.765 bits per heavy atom. The molecule has 9 rings (SSSR count). The first-order chi connectivity index (χ1) is 16.9. The molecule has 3 aromatic heterocycles. The molecule has 34 heavy (non-hydrogen) atoms. The van der Waals surface area contributed by atoms with E-state index < -0.39 is 0 Å². The van der Waals surface area contributed by atoms with Gasteiger partial charge in [-0.25, -0.2) is 0 Å². The summed E-state index contributed by atoms with van der Waals surface area (Å²) >= 11 is 0. The summed E-state index contributed by atoms with van der Waals surface area (Å²) in [5, 5.41) is 10.5. The number of benzene rings is 6. The van der Waals surface area contributed by atoms with Crippen LogP contribution in [0.3, 0.4) is 0 Å². The van der Waals surface area contributed by atoms with E-state index in [1.54, 1.807) is 0 Å². The molecule has 9 aromatic rings. The summed E-state index contributed by atoms with van der Waals surface area (Å²) in [7, 11) is 0. The fraction of sp³-hybridized carbons (Fsp3) is 0. The van der Waals surface area contributed by atoms with Crippen LogP contribution in [0.1, 0.15) is 0 Å². The van der Waals surface area contributed by atoms with Crippen molar-refractivity contribution in [3.63, 3.8) is 0 Å². The maximum Gasteiger partial charge on any atom is 0.0783 e. The summed E-state index contributed by atoms with van der Waals surface area (Å²) in [6.07, 6.45) is 0. The molecule has 0 aliphatic carbocycles. The lowest BCUT2D eigenvalue weighted by Gasteiger charge is -2.11. The van der Waals surface area contributed by atoms with Crippen LogP contribution in [0.5, 0.6) is 0 Å². The molecule has 2 heteroatoms. The van der Waals surface area contributed by atoms with Gasteiger partial charge < -0.3 is 8.80 Å². The van der Waals surface area contributed by atoms with Crippen LogP contribution >= 0.6 is 0 Å². The highest BCUT2D eigenvalue weighted by Gasteiger charge is 2.21. The van der Waals surface area contributed by atoms with E-state index in [-0.39, 0.29) is 0 Å². The topological polar surface area (TPSA) is 8.82 Å². The Balaban J connectivity index is 1.69. The molecule has 6 aromatic carbocycles. The molecule has 2 nitrogen and oxygen atoms in total. The van der Waals surface area contributed by atoms with E-state index in [9.17, 15) is 0 Å². The largest absolute Gasteiger partial charge is 0.305 e. The highest BCUT2D eigenvalue weighted by Crippen LogP contribution is 2.43. The molecule has 0 aliphatic rings. The van der Waals surface area contributed by atoms with Crippen molar-refractivity contribution in [2.24, 2.45) is 0 Å². The highest BCUT2D eigenvalue weighted by atomic mass is 15.0. The predicted molar refractivity (Wildman–Crippen MR) is 145 cm³/mol. The van der Waals surface area contributed by atoms with Crippen LogP contribution in [0.2, 0.25) is 0 Å². The summed E-state index contributed by atoms with van der Waals surface area (Å²) in [4.78, 5) is 0. The van der Waals surface area contributed by atoms with E-state index in [2.05, 4.69) is 118 Å². The lowest BCUT2D eigenvalue weighted by molar-refractivity contribution is 1.26. The number of hydrogen-bond acceptors (Lipinski definition) is 0. The van der Waals surface area contributed by atoms with Crippen LogP contribution in [0.4, 0.5) is 0 Å². The molecule has 0 amide bonds. The number of aromatic nitrogens is 2. The summed E-state index contributed by atoms with van der Waals surface area (Å²) < 4.78 is 4.99. The van der Waals surface area contributed by atoms with Gasteiger partial charge >= 0.3 is 0 Å². The molecule has 0 bridgehead atoms. The molecular formula is C32H18N2. The molecule has 0 fully saturated rings. The molecule has 156 valence electrons. The van der Waals surface area contributed by atoms with E-state index in [1.165, 1.54) is 76.2 Å². The van der Waals surface area contributed by atoms with Crippen LogP contribution in [0.25, 0.3) is 76.2 Å². The third-order valence-electron chi connectivity index (χ3n) is 7.79. The number of hydrogen-bond donors (Lipinski definition) is 0. The quantitative estimate of drug-likeness (QED) is 0.213. The van der Waals surface area contributed by atoms with Gasteiger partial charge in [0.05, 0.1) is 33.1 Å². The molecule has 0 saturated carbocycles. The van der Waals surface area contributed by atoms with Gasteiger partial charge in [-0.2, -0.15) is 0 Å². The van der Waals surface area contributed by atoms with Gasteiger partial charge in [-0.15, -0.1) is 0 Å². The molecule has 0 radical (unpaired) electrons. The van der Waals surface area contributed by atoms with Gasteiger partial charge in [0, 0.05) is 21.5 Å². The Labute approximate surface area is 194 Å². The van der Waals surface area contributed by atoms with Crippen molar-refractivity contribution in [2.75, 3.05) is 0 Å². The molecule has 0 N–H and O–H groups in total. The van der Waals surface area contributed by atoms with Gasteiger partial charge in [0.25, 0.3) is 0 Å². The van der Waals surface area contributed by atoms with Crippen LogP contribution in [0.15, 0.2) is 109 Å². The van der Waals surface area contributed by atoms with Gasteiger partial charge in [-0.05, 0) is 45.8 Å². The maximum absolute atomic E-state index is 2.50. The van der Waals surface area contributed by atoms with Gasteiger partial charge in [0.15, 0.2) is 0 Å². The van der Waals surface area contributed by atoms with Crippen molar-refractivity contribution in [1.82, 2.24) is 8.80 Å². The number of fused-ring (bicyclic) bond motifs is 12. The molecule has 0 saturated heterocycles. The standard InChI is InChI=1S/C32H18N2/c1-3-9-21-19(7-1)15-17-25-29(21)23-11-5-13-27-31(23)33(25)28-14-6-12-24-30-22-10-4-2-8-20(22)16-18-26(30)34(27)32(24)28/h1-18H. The monoisotopic (exact) mass is 430 g/mol. The molecular weight excluding hydrogens is 412 g/mol. The van der Waals surface area contributed by atoms with Crippen LogP contribution in [-0.4, -0.2) is 8.80 Å². The zero-order chi connectivity index (χ0) is 22.0. The third-order valence-corrected chi connectivity index (χ3v) is 7.79. The number of nitrogens with zero attached hydrogens (tertiary/aromatic N) is 2. The van der Waals surface area contributed by atoms with Crippen molar-refractivity contribution in [3.8, 4) is 0 Å². The average molecular weight is 431 g/mol. The molecule has 0 atom stereocenters. The SMILES string of the molecule is c1ccc2c(c1)ccc1c2c2cccc3c2n1c1cccc2c4c5ccccc5ccc4n3c21. The summed E-state index contributed by atoms with van der Waals surface area (Å²) in [6.45, 7) is 0. The van der Waals surface area contributed by atoms with E-state index in [4.69, 9.17) is 0 Å². The van der Waals surface area contributed by atoms with Crippen LogP contribution in [-0.2, 0) is 0 Å². The number of rotatable bonds is 0. The Bertz CT molecular complexity index is 2110. The first-order valence-electron chi connectivity index (χ1n) is 11.8. The minimum atomic E-state index is 1.26. The third kappa shape index (κ3) is 1.79. The second-order valence-corrected chi connectivity index (χ2v) is 9.38. The minimum Gasteiger partial charge on any atom is -0.305 e. The smallest absolute Gasteiger partial charge is 0.0783 e. The Hall–Kier alpha value is -4.56. The Morgan fingerprint density at radius 1 is 0.324 bits per heavy atom. The fourth-order valence-electron chi connectivity index (χ4n) is 6.50. The molecule has 3 heterocycles. The first-order valence-corrected chi connectivity index (χ1v) is 11.8. The van der Waals surface area contributed by atoms with E-state index in [1.807, 2.05) is 0 Å². The second-order valence-electron chi connectivity index (χ2n) is 9.38. The van der Waals surface area contributed by atoms with Crippen molar-refractivity contribution in [3.05, 3.63) is 109 Å². The normalized spacial score (nSPS) is 12.7. The van der Waals surface area contributed by atoms with Crippen molar-refractivity contribution < 1.29 is 0 Å². The van der Waals surface area contributed by atoms with Crippen molar-refractivity contribution in [1.29, 1.82) is 0 Å². The molecule has 0 spiro atoms. The predicted octanol–water partition coefficient (Wildman–Crippen LogP) is 8.55. The second kappa shape index (κ2) is 5.67. The minimum absolute atomic E-state index is 1.26. The Kier molecular flexibility index (Phi) is 2.83. The summed E-state index contributed by atoms with van der Waals surface area (Å²) in [5.41, 5.74) is 7.64. The van der Waals surface area contributed by atoms with E-state index in [0.29, 0.717) is 0 Å². The fourth-order valence-corrected chi connectivity index (χ4v) is 6.50. The van der Waals surface area contributed by atoms with Crippen LogP contribution in [0, 0.1) is 0 Å². The summed E-state index contributed by atoms with van der Waals surface area (Å²) in [6, 6.07) is 40.2. The lowest BCUT2D eigenvalue weighted by atomic mass is 10.0. The van der Waals surface area contributed by atoms with Crippen molar-refractivity contribution >= 4 is 76.2 Å². The van der Waals surface area contributed by atoms with Crippen LogP contribution < -0.4 is 0 Å². The van der Waals surface area contributed by atoms with Gasteiger partial charge in [-0.1, -0.05) is 84.9 Å². The van der Waals surface area contributed by atoms with Crippen molar-refractivity contribution in [2.45, 2.75) is 0 Å².